The van der Waals surface area contributed by atoms with Crippen LogP contribution < -0.4 is 4.40 Å². The molecule has 0 aliphatic rings. The first kappa shape index (κ1) is 20.7. The predicted molar refractivity (Wildman–Crippen MR) is 107 cm³/mol. The van der Waals surface area contributed by atoms with Crippen molar-refractivity contribution >= 4 is 27.8 Å². The molecule has 0 nitrogen and oxygen atoms in total. The number of hydrogen-bond acceptors (Lipinski definition) is 0. The zero-order valence-corrected chi connectivity index (χ0v) is 19.1. The van der Waals surface area contributed by atoms with Crippen LogP contribution in [0.3, 0.4) is 0 Å². The summed E-state index contributed by atoms with van der Waals surface area (Å²) < 4.78 is 4.86. The maximum absolute atomic E-state index is 6.94. The molecule has 0 bridgehead atoms. The molecular formula is C21H32ClGe. The Kier molecular flexibility index (Phi) is 7.30. The summed E-state index contributed by atoms with van der Waals surface area (Å²) in [5.41, 5.74) is 4.29. The Hall–Kier alpha value is -0.387. The standard InChI is InChI=1S/C21H32ClGe/c1-14(2)17-12-18(15(3)4)20(19(13-17)16(5)6)23(22)11-10-21(7,8)9/h12-16H,1-9H3. The fraction of sp³-hybridized carbons (Fsp3) is 0.619. The van der Waals surface area contributed by atoms with Gasteiger partial charge in [-0.15, -0.1) is 0 Å². The van der Waals surface area contributed by atoms with Crippen molar-refractivity contribution in [3.63, 3.8) is 0 Å². The van der Waals surface area contributed by atoms with E-state index in [0.29, 0.717) is 17.8 Å². The molecule has 0 heterocycles. The van der Waals surface area contributed by atoms with E-state index in [1.807, 2.05) is 0 Å². The van der Waals surface area contributed by atoms with Crippen molar-refractivity contribution in [2.24, 2.45) is 5.41 Å². The summed E-state index contributed by atoms with van der Waals surface area (Å²) in [5, 5.41) is 0. The average molecular weight is 393 g/mol. The molecule has 0 spiro atoms. The van der Waals surface area contributed by atoms with Gasteiger partial charge in [0.2, 0.25) is 0 Å². The van der Waals surface area contributed by atoms with Gasteiger partial charge in [0.05, 0.1) is 0 Å². The average Bonchev–Trinajstić information content (AvgIpc) is 2.42. The van der Waals surface area contributed by atoms with Crippen LogP contribution in [-0.4, -0.2) is 13.4 Å². The molecule has 0 amide bonds. The first-order chi connectivity index (χ1) is 10.4. The van der Waals surface area contributed by atoms with Gasteiger partial charge in [0.25, 0.3) is 0 Å². The van der Waals surface area contributed by atoms with Crippen molar-refractivity contribution in [1.29, 1.82) is 0 Å². The van der Waals surface area contributed by atoms with E-state index in [1.54, 1.807) is 0 Å². The Balaban J connectivity index is 3.57. The second kappa shape index (κ2) is 8.13. The topological polar surface area (TPSA) is 0 Å². The molecule has 1 aromatic carbocycles. The minimum atomic E-state index is -2.10. The maximum atomic E-state index is 6.94. The van der Waals surface area contributed by atoms with Crippen LogP contribution >= 0.6 is 10.0 Å². The van der Waals surface area contributed by atoms with E-state index in [0.717, 1.165) is 0 Å². The Morgan fingerprint density at radius 2 is 1.30 bits per heavy atom. The molecule has 0 N–H and O–H groups in total. The van der Waals surface area contributed by atoms with Crippen LogP contribution in [0, 0.1) is 16.1 Å². The van der Waals surface area contributed by atoms with Crippen LogP contribution in [0.25, 0.3) is 0 Å². The zero-order chi connectivity index (χ0) is 17.9. The summed E-state index contributed by atoms with van der Waals surface area (Å²) >= 11 is -2.10. The predicted octanol–water partition coefficient (Wildman–Crippen LogP) is 6.08. The summed E-state index contributed by atoms with van der Waals surface area (Å²) in [5.74, 6) is 4.89. The van der Waals surface area contributed by atoms with Crippen molar-refractivity contribution in [3.05, 3.63) is 28.8 Å². The molecule has 127 valence electrons. The molecule has 0 aliphatic heterocycles. The third kappa shape index (κ3) is 5.88. The number of rotatable bonds is 4. The Bertz CT molecular complexity index is 565. The molecule has 0 atom stereocenters. The number of halogens is 1. The van der Waals surface area contributed by atoms with Gasteiger partial charge in [0.1, 0.15) is 0 Å². The van der Waals surface area contributed by atoms with Gasteiger partial charge in [-0.25, -0.2) is 0 Å². The molecular weight excluding hydrogens is 360 g/mol. The number of benzene rings is 1. The summed E-state index contributed by atoms with van der Waals surface area (Å²) in [6.45, 7) is 20.1. The van der Waals surface area contributed by atoms with Crippen LogP contribution in [-0.2, 0) is 0 Å². The molecule has 2 heteroatoms. The molecule has 1 aromatic rings. The molecule has 0 aliphatic carbocycles. The molecule has 0 fully saturated rings. The van der Waals surface area contributed by atoms with E-state index in [1.165, 1.54) is 21.1 Å². The van der Waals surface area contributed by atoms with Gasteiger partial charge < -0.3 is 0 Å². The van der Waals surface area contributed by atoms with Crippen LogP contribution in [0.1, 0.15) is 96.8 Å². The Labute approximate surface area is 152 Å². The second-order valence-corrected chi connectivity index (χ2v) is 13.2. The van der Waals surface area contributed by atoms with Crippen molar-refractivity contribution in [2.45, 2.75) is 80.1 Å². The molecule has 0 saturated heterocycles. The fourth-order valence-electron chi connectivity index (χ4n) is 2.51. The van der Waals surface area contributed by atoms with Gasteiger partial charge in [0, 0.05) is 0 Å². The Morgan fingerprint density at radius 1 is 0.870 bits per heavy atom. The monoisotopic (exact) mass is 393 g/mol. The summed E-state index contributed by atoms with van der Waals surface area (Å²) in [6.07, 6.45) is 0. The van der Waals surface area contributed by atoms with Gasteiger partial charge in [-0.3, -0.25) is 0 Å². The molecule has 1 rings (SSSR count). The first-order valence-corrected chi connectivity index (χ1v) is 13.5. The summed E-state index contributed by atoms with van der Waals surface area (Å²) in [6, 6.07) is 4.76. The van der Waals surface area contributed by atoms with E-state index in [9.17, 15) is 0 Å². The van der Waals surface area contributed by atoms with E-state index >= 15 is 0 Å². The summed E-state index contributed by atoms with van der Waals surface area (Å²) in [4.78, 5) is 0. The van der Waals surface area contributed by atoms with Crippen LogP contribution in [0.2, 0.25) is 0 Å². The van der Waals surface area contributed by atoms with E-state index in [4.69, 9.17) is 10.0 Å². The molecule has 0 saturated carbocycles. The Morgan fingerprint density at radius 3 is 1.61 bits per heavy atom. The van der Waals surface area contributed by atoms with Gasteiger partial charge >= 0.3 is 153 Å². The molecule has 1 radical (unpaired) electrons. The molecule has 0 aromatic heterocycles. The van der Waals surface area contributed by atoms with E-state index in [2.05, 4.69) is 85.1 Å². The van der Waals surface area contributed by atoms with Crippen molar-refractivity contribution in [1.82, 2.24) is 0 Å². The van der Waals surface area contributed by atoms with Crippen LogP contribution in [0.15, 0.2) is 12.1 Å². The van der Waals surface area contributed by atoms with Gasteiger partial charge in [-0.05, 0) is 0 Å². The van der Waals surface area contributed by atoms with Gasteiger partial charge in [-0.2, -0.15) is 0 Å². The molecule has 0 unspecified atom stereocenters. The molecule has 23 heavy (non-hydrogen) atoms. The van der Waals surface area contributed by atoms with Crippen LogP contribution in [0.4, 0.5) is 0 Å². The van der Waals surface area contributed by atoms with E-state index < -0.39 is 13.4 Å². The van der Waals surface area contributed by atoms with Crippen molar-refractivity contribution in [3.8, 4) is 10.7 Å². The van der Waals surface area contributed by atoms with Gasteiger partial charge in [0.15, 0.2) is 0 Å². The SMILES string of the molecule is CC(C)c1cc(C(C)C)[c]([Ge]([Cl])[C]#CC(C)(C)C)c(C(C)C)c1. The minimum absolute atomic E-state index is 0.0149. The quantitative estimate of drug-likeness (QED) is 0.430. The third-order valence-electron chi connectivity index (χ3n) is 3.90. The number of hydrogen-bond donors (Lipinski definition) is 0. The third-order valence-corrected chi connectivity index (χ3v) is 8.23. The summed E-state index contributed by atoms with van der Waals surface area (Å²) in [7, 11) is 6.94. The first-order valence-electron chi connectivity index (χ1n) is 8.67. The van der Waals surface area contributed by atoms with Crippen LogP contribution in [0.5, 0.6) is 0 Å². The fourth-order valence-corrected chi connectivity index (χ4v) is 7.75. The van der Waals surface area contributed by atoms with Crippen molar-refractivity contribution in [2.75, 3.05) is 0 Å². The zero-order valence-electron chi connectivity index (χ0n) is 16.3. The normalized spacial score (nSPS) is 12.3. The van der Waals surface area contributed by atoms with Gasteiger partial charge in [-0.1, -0.05) is 0 Å². The van der Waals surface area contributed by atoms with E-state index in [-0.39, 0.29) is 5.41 Å². The second-order valence-electron chi connectivity index (χ2n) is 8.35. The van der Waals surface area contributed by atoms with Crippen molar-refractivity contribution < 1.29 is 0 Å².